The number of fused-ring (bicyclic) bond motifs is 1. The first-order chi connectivity index (χ1) is 8.90. The Balaban J connectivity index is 1.67. The first kappa shape index (κ1) is 13.3. The minimum atomic E-state index is 0.564. The molecule has 0 aromatic carbocycles. The Hall–Kier alpha value is -1.10. The lowest BCUT2D eigenvalue weighted by Crippen LogP contribution is -2.16. The second-order valence-electron chi connectivity index (χ2n) is 4.03. The molecule has 2 aromatic rings. The monoisotopic (exact) mass is 267 g/mol. The van der Waals surface area contributed by atoms with Crippen molar-refractivity contribution in [3.8, 4) is 0 Å². The molecule has 0 saturated heterocycles. The number of ether oxygens (including phenoxy) is 1. The molecule has 18 heavy (non-hydrogen) atoms. The summed E-state index contributed by atoms with van der Waals surface area (Å²) >= 11 is 5.51. The van der Waals surface area contributed by atoms with Gasteiger partial charge < -0.3 is 14.5 Å². The number of imidazole rings is 1. The lowest BCUT2D eigenvalue weighted by molar-refractivity contribution is 0.146. The van der Waals surface area contributed by atoms with Crippen molar-refractivity contribution in [3.63, 3.8) is 0 Å². The Labute approximate surface area is 112 Å². The van der Waals surface area contributed by atoms with Crippen molar-refractivity contribution >= 4 is 17.2 Å². The smallest absolute Gasteiger partial charge is 0.137 e. The molecule has 0 amide bonds. The topological polar surface area (TPSA) is 38.6 Å². The SMILES string of the molecule is ClCCOCCCNCc1cn2ccccc2n1. The molecule has 2 aromatic heterocycles. The lowest BCUT2D eigenvalue weighted by Gasteiger charge is -2.03. The van der Waals surface area contributed by atoms with Crippen molar-refractivity contribution in [2.45, 2.75) is 13.0 Å². The van der Waals surface area contributed by atoms with Crippen LogP contribution in [0.5, 0.6) is 0 Å². The van der Waals surface area contributed by atoms with Gasteiger partial charge >= 0.3 is 0 Å². The highest BCUT2D eigenvalue weighted by Crippen LogP contribution is 2.03. The van der Waals surface area contributed by atoms with Crippen LogP contribution in [0.1, 0.15) is 12.1 Å². The van der Waals surface area contributed by atoms with E-state index in [2.05, 4.69) is 10.3 Å². The number of halogens is 1. The Kier molecular flexibility index (Phi) is 5.45. The average Bonchev–Trinajstić information content (AvgIpc) is 2.80. The largest absolute Gasteiger partial charge is 0.380 e. The molecule has 0 radical (unpaired) electrons. The van der Waals surface area contributed by atoms with E-state index in [9.17, 15) is 0 Å². The Morgan fingerprint density at radius 2 is 2.28 bits per heavy atom. The van der Waals surface area contributed by atoms with Gasteiger partial charge in [-0.3, -0.25) is 0 Å². The maximum atomic E-state index is 5.51. The van der Waals surface area contributed by atoms with Gasteiger partial charge in [-0.25, -0.2) is 4.98 Å². The number of rotatable bonds is 8. The molecule has 1 N–H and O–H groups in total. The number of hydrogen-bond acceptors (Lipinski definition) is 3. The number of aromatic nitrogens is 2. The maximum Gasteiger partial charge on any atom is 0.137 e. The standard InChI is InChI=1S/C13H18ClN3O/c14-5-9-18-8-3-6-15-10-12-11-17-7-2-1-4-13(17)16-12/h1-2,4,7,11,15H,3,5-6,8-10H2. The molecule has 0 atom stereocenters. The minimum absolute atomic E-state index is 0.564. The highest BCUT2D eigenvalue weighted by Gasteiger charge is 1.99. The number of hydrogen-bond donors (Lipinski definition) is 1. The lowest BCUT2D eigenvalue weighted by atomic mass is 10.4. The van der Waals surface area contributed by atoms with Gasteiger partial charge in [0, 0.05) is 31.4 Å². The Morgan fingerprint density at radius 3 is 3.11 bits per heavy atom. The predicted octanol–water partition coefficient (Wildman–Crippen LogP) is 2.07. The van der Waals surface area contributed by atoms with Crippen LogP contribution in [-0.2, 0) is 11.3 Å². The molecular formula is C13H18ClN3O. The molecule has 0 fully saturated rings. The van der Waals surface area contributed by atoms with Crippen LogP contribution in [0, 0.1) is 0 Å². The van der Waals surface area contributed by atoms with E-state index in [4.69, 9.17) is 16.3 Å². The van der Waals surface area contributed by atoms with Gasteiger partial charge in [0.1, 0.15) is 5.65 Å². The van der Waals surface area contributed by atoms with Crippen LogP contribution in [0.4, 0.5) is 0 Å². The highest BCUT2D eigenvalue weighted by atomic mass is 35.5. The summed E-state index contributed by atoms with van der Waals surface area (Å²) in [5.74, 6) is 0.564. The van der Waals surface area contributed by atoms with Crippen LogP contribution in [0.25, 0.3) is 5.65 Å². The quantitative estimate of drug-likeness (QED) is 0.588. The van der Waals surface area contributed by atoms with E-state index in [0.717, 1.165) is 37.5 Å². The predicted molar refractivity (Wildman–Crippen MR) is 73.1 cm³/mol. The van der Waals surface area contributed by atoms with Gasteiger partial charge in [0.2, 0.25) is 0 Å². The summed E-state index contributed by atoms with van der Waals surface area (Å²) in [5.41, 5.74) is 2.04. The average molecular weight is 268 g/mol. The third-order valence-electron chi connectivity index (χ3n) is 2.58. The first-order valence-corrected chi connectivity index (χ1v) is 6.70. The summed E-state index contributed by atoms with van der Waals surface area (Å²) in [6.07, 6.45) is 5.04. The zero-order valence-corrected chi connectivity index (χ0v) is 11.1. The fourth-order valence-electron chi connectivity index (χ4n) is 1.74. The Morgan fingerprint density at radius 1 is 1.33 bits per heavy atom. The first-order valence-electron chi connectivity index (χ1n) is 6.17. The summed E-state index contributed by atoms with van der Waals surface area (Å²) < 4.78 is 7.32. The summed E-state index contributed by atoms with van der Waals surface area (Å²) in [7, 11) is 0. The van der Waals surface area contributed by atoms with Crippen LogP contribution in [0.15, 0.2) is 30.6 Å². The number of pyridine rings is 1. The molecule has 0 bridgehead atoms. The van der Waals surface area contributed by atoms with Crippen molar-refractivity contribution in [3.05, 3.63) is 36.3 Å². The molecule has 0 aliphatic heterocycles. The van der Waals surface area contributed by atoms with E-state index in [0.29, 0.717) is 12.5 Å². The zero-order chi connectivity index (χ0) is 12.6. The van der Waals surface area contributed by atoms with Crippen molar-refractivity contribution in [2.24, 2.45) is 0 Å². The zero-order valence-electron chi connectivity index (χ0n) is 10.3. The van der Waals surface area contributed by atoms with E-state index in [1.54, 1.807) is 0 Å². The van der Waals surface area contributed by atoms with Crippen LogP contribution < -0.4 is 5.32 Å². The fraction of sp³-hybridized carbons (Fsp3) is 0.462. The van der Waals surface area contributed by atoms with Crippen molar-refractivity contribution < 1.29 is 4.74 Å². The third kappa shape index (κ3) is 3.98. The molecule has 5 heteroatoms. The van der Waals surface area contributed by atoms with Crippen molar-refractivity contribution in [2.75, 3.05) is 25.6 Å². The molecule has 0 aliphatic rings. The second-order valence-corrected chi connectivity index (χ2v) is 4.41. The van der Waals surface area contributed by atoms with E-state index >= 15 is 0 Å². The second kappa shape index (κ2) is 7.36. The van der Waals surface area contributed by atoms with Gasteiger partial charge in [0.05, 0.1) is 12.3 Å². The maximum absolute atomic E-state index is 5.51. The minimum Gasteiger partial charge on any atom is -0.380 e. The fourth-order valence-corrected chi connectivity index (χ4v) is 1.85. The number of nitrogens with zero attached hydrogens (tertiary/aromatic N) is 2. The highest BCUT2D eigenvalue weighted by molar-refractivity contribution is 6.17. The van der Waals surface area contributed by atoms with Crippen LogP contribution in [-0.4, -0.2) is 35.0 Å². The Bertz CT molecular complexity index is 439. The van der Waals surface area contributed by atoms with Gasteiger partial charge in [-0.1, -0.05) is 6.07 Å². The van der Waals surface area contributed by atoms with Gasteiger partial charge in [-0.05, 0) is 25.1 Å². The van der Waals surface area contributed by atoms with E-state index in [1.807, 2.05) is 35.0 Å². The normalized spacial score (nSPS) is 11.2. The molecular weight excluding hydrogens is 250 g/mol. The van der Waals surface area contributed by atoms with Crippen LogP contribution in [0.2, 0.25) is 0 Å². The summed E-state index contributed by atoms with van der Waals surface area (Å²) in [4.78, 5) is 4.51. The molecule has 4 nitrogen and oxygen atoms in total. The van der Waals surface area contributed by atoms with Crippen molar-refractivity contribution in [1.29, 1.82) is 0 Å². The summed E-state index contributed by atoms with van der Waals surface area (Å²) in [6.45, 7) is 3.10. The number of alkyl halides is 1. The van der Waals surface area contributed by atoms with E-state index < -0.39 is 0 Å². The van der Waals surface area contributed by atoms with Crippen molar-refractivity contribution in [1.82, 2.24) is 14.7 Å². The number of nitrogens with one attached hydrogen (secondary N) is 1. The molecule has 0 saturated carbocycles. The van der Waals surface area contributed by atoms with Crippen LogP contribution >= 0.6 is 11.6 Å². The molecule has 2 rings (SSSR count). The van der Waals surface area contributed by atoms with Gasteiger partial charge in [-0.2, -0.15) is 0 Å². The van der Waals surface area contributed by atoms with Gasteiger partial charge in [0.15, 0.2) is 0 Å². The van der Waals surface area contributed by atoms with Crippen LogP contribution in [0.3, 0.4) is 0 Å². The molecule has 0 aliphatic carbocycles. The van der Waals surface area contributed by atoms with Gasteiger partial charge in [0.25, 0.3) is 0 Å². The van der Waals surface area contributed by atoms with Gasteiger partial charge in [-0.15, -0.1) is 11.6 Å². The molecule has 98 valence electrons. The summed E-state index contributed by atoms with van der Waals surface area (Å²) in [5, 5.41) is 3.35. The summed E-state index contributed by atoms with van der Waals surface area (Å²) in [6, 6.07) is 6.00. The van der Waals surface area contributed by atoms with E-state index in [1.165, 1.54) is 0 Å². The molecule has 0 unspecified atom stereocenters. The molecule has 2 heterocycles. The molecule has 0 spiro atoms. The van der Waals surface area contributed by atoms with E-state index in [-0.39, 0.29) is 0 Å². The third-order valence-corrected chi connectivity index (χ3v) is 2.74.